The first-order valence-corrected chi connectivity index (χ1v) is 8.98. The van der Waals surface area contributed by atoms with Gasteiger partial charge in [-0.15, -0.1) is 0 Å². The van der Waals surface area contributed by atoms with E-state index in [1.54, 1.807) is 33.8 Å². The summed E-state index contributed by atoms with van der Waals surface area (Å²) in [7, 11) is -3.65. The SMILES string of the molecule is CCCCNC(=O)c1cc(S(=O)(=O)NC(C)(C)C)ccc1C. The van der Waals surface area contributed by atoms with Crippen molar-refractivity contribution in [1.82, 2.24) is 10.0 Å². The first-order valence-electron chi connectivity index (χ1n) is 7.49. The number of aryl methyl sites for hydroxylation is 1. The molecule has 0 aromatic heterocycles. The molecule has 0 saturated carbocycles. The molecule has 5 nitrogen and oxygen atoms in total. The van der Waals surface area contributed by atoms with Crippen molar-refractivity contribution >= 4 is 15.9 Å². The van der Waals surface area contributed by atoms with E-state index >= 15 is 0 Å². The average Bonchev–Trinajstić information content (AvgIpc) is 2.36. The summed E-state index contributed by atoms with van der Waals surface area (Å²) in [6.45, 7) is 9.75. The molecule has 0 unspecified atom stereocenters. The third-order valence-corrected chi connectivity index (χ3v) is 4.78. The number of carbonyl (C=O) groups is 1. The Bertz CT molecular complexity index is 631. The second-order valence-corrected chi connectivity index (χ2v) is 8.12. The summed E-state index contributed by atoms with van der Waals surface area (Å²) in [6, 6.07) is 4.61. The van der Waals surface area contributed by atoms with Gasteiger partial charge in [-0.2, -0.15) is 0 Å². The van der Waals surface area contributed by atoms with Crippen molar-refractivity contribution in [2.75, 3.05) is 6.54 Å². The van der Waals surface area contributed by atoms with Gasteiger partial charge in [0.1, 0.15) is 0 Å². The lowest BCUT2D eigenvalue weighted by molar-refractivity contribution is 0.0952. The van der Waals surface area contributed by atoms with Gasteiger partial charge < -0.3 is 5.32 Å². The Morgan fingerprint density at radius 3 is 2.41 bits per heavy atom. The minimum absolute atomic E-state index is 0.105. The molecule has 0 atom stereocenters. The standard InChI is InChI=1S/C16H26N2O3S/c1-6-7-10-17-15(19)14-11-13(9-8-12(14)2)22(20,21)18-16(3,4)5/h8-9,11,18H,6-7,10H2,1-5H3,(H,17,19). The van der Waals surface area contributed by atoms with Crippen molar-refractivity contribution < 1.29 is 13.2 Å². The maximum atomic E-state index is 12.4. The Morgan fingerprint density at radius 1 is 1.23 bits per heavy atom. The molecule has 1 aromatic rings. The van der Waals surface area contributed by atoms with Crippen LogP contribution in [0.3, 0.4) is 0 Å². The second kappa shape index (κ2) is 7.24. The number of hydrogen-bond donors (Lipinski definition) is 2. The molecule has 1 aromatic carbocycles. The summed E-state index contributed by atoms with van der Waals surface area (Å²) in [5.74, 6) is -0.237. The highest BCUT2D eigenvalue weighted by molar-refractivity contribution is 7.89. The van der Waals surface area contributed by atoms with Gasteiger partial charge in [-0.3, -0.25) is 4.79 Å². The molecule has 6 heteroatoms. The van der Waals surface area contributed by atoms with Gasteiger partial charge in [-0.1, -0.05) is 19.4 Å². The first kappa shape index (κ1) is 18.6. The molecule has 0 bridgehead atoms. The number of sulfonamides is 1. The predicted molar refractivity (Wildman–Crippen MR) is 88.5 cm³/mol. The van der Waals surface area contributed by atoms with Crippen LogP contribution in [0.25, 0.3) is 0 Å². The summed E-state index contributed by atoms with van der Waals surface area (Å²) in [5.41, 5.74) is 0.574. The lowest BCUT2D eigenvalue weighted by Crippen LogP contribution is -2.40. The van der Waals surface area contributed by atoms with Crippen molar-refractivity contribution in [3.63, 3.8) is 0 Å². The maximum Gasteiger partial charge on any atom is 0.251 e. The molecule has 0 fully saturated rings. The van der Waals surface area contributed by atoms with Crippen LogP contribution in [0.4, 0.5) is 0 Å². The van der Waals surface area contributed by atoms with E-state index in [9.17, 15) is 13.2 Å². The van der Waals surface area contributed by atoms with Gasteiger partial charge in [0, 0.05) is 17.6 Å². The normalized spacial score (nSPS) is 12.2. The van der Waals surface area contributed by atoms with Gasteiger partial charge in [0.25, 0.3) is 5.91 Å². The molecule has 0 aliphatic heterocycles. The number of hydrogen-bond acceptors (Lipinski definition) is 3. The first-order chi connectivity index (χ1) is 10.1. The minimum atomic E-state index is -3.65. The molecular weight excluding hydrogens is 300 g/mol. The summed E-state index contributed by atoms with van der Waals surface area (Å²) in [6.07, 6.45) is 1.89. The van der Waals surface area contributed by atoms with Crippen LogP contribution in [0.15, 0.2) is 23.1 Å². The van der Waals surface area contributed by atoms with Crippen molar-refractivity contribution in [2.24, 2.45) is 0 Å². The van der Waals surface area contributed by atoms with E-state index in [1.807, 2.05) is 6.92 Å². The molecular formula is C16H26N2O3S. The smallest absolute Gasteiger partial charge is 0.251 e. The van der Waals surface area contributed by atoms with Crippen molar-refractivity contribution in [2.45, 2.75) is 57.9 Å². The van der Waals surface area contributed by atoms with Gasteiger partial charge in [0.05, 0.1) is 4.90 Å². The van der Waals surface area contributed by atoms with Crippen LogP contribution in [-0.2, 0) is 10.0 Å². The number of rotatable bonds is 6. The van der Waals surface area contributed by atoms with Gasteiger partial charge in [0.2, 0.25) is 10.0 Å². The Hall–Kier alpha value is -1.40. The number of unbranched alkanes of at least 4 members (excludes halogenated alkanes) is 1. The molecule has 124 valence electrons. The van der Waals surface area contributed by atoms with E-state index in [1.165, 1.54) is 12.1 Å². The minimum Gasteiger partial charge on any atom is -0.352 e. The molecule has 0 heterocycles. The lowest BCUT2D eigenvalue weighted by atomic mass is 10.1. The fourth-order valence-corrected chi connectivity index (χ4v) is 3.39. The van der Waals surface area contributed by atoms with Crippen LogP contribution in [0.5, 0.6) is 0 Å². The molecule has 2 N–H and O–H groups in total. The topological polar surface area (TPSA) is 75.3 Å². The number of benzene rings is 1. The molecule has 22 heavy (non-hydrogen) atoms. The van der Waals surface area contributed by atoms with Crippen LogP contribution in [0.2, 0.25) is 0 Å². The van der Waals surface area contributed by atoms with E-state index in [2.05, 4.69) is 10.0 Å². The van der Waals surface area contributed by atoms with E-state index in [0.717, 1.165) is 18.4 Å². The van der Waals surface area contributed by atoms with Gasteiger partial charge in [-0.05, 0) is 51.8 Å². The average molecular weight is 326 g/mol. The Morgan fingerprint density at radius 2 is 1.86 bits per heavy atom. The molecule has 1 amide bonds. The van der Waals surface area contributed by atoms with Crippen molar-refractivity contribution in [3.8, 4) is 0 Å². The Labute approximate surface area is 133 Å². The lowest BCUT2D eigenvalue weighted by Gasteiger charge is -2.20. The molecule has 0 saturated heterocycles. The highest BCUT2D eigenvalue weighted by Crippen LogP contribution is 2.17. The Balaban J connectivity index is 3.06. The van der Waals surface area contributed by atoms with Crippen molar-refractivity contribution in [3.05, 3.63) is 29.3 Å². The zero-order chi connectivity index (χ0) is 17.0. The fourth-order valence-electron chi connectivity index (χ4n) is 1.95. The highest BCUT2D eigenvalue weighted by Gasteiger charge is 2.23. The third kappa shape index (κ3) is 5.42. The highest BCUT2D eigenvalue weighted by atomic mass is 32.2. The number of amides is 1. The summed E-state index contributed by atoms with van der Waals surface area (Å²) in [4.78, 5) is 12.3. The fraction of sp³-hybridized carbons (Fsp3) is 0.562. The van der Waals surface area contributed by atoms with Crippen LogP contribution in [0, 0.1) is 6.92 Å². The molecule has 0 aliphatic rings. The zero-order valence-corrected chi connectivity index (χ0v) is 14.8. The molecule has 0 radical (unpaired) electrons. The van der Waals surface area contributed by atoms with E-state index in [4.69, 9.17) is 0 Å². The summed E-state index contributed by atoms with van der Waals surface area (Å²) in [5, 5.41) is 2.81. The van der Waals surface area contributed by atoms with Crippen LogP contribution in [-0.4, -0.2) is 26.4 Å². The van der Waals surface area contributed by atoms with Crippen LogP contribution in [0.1, 0.15) is 56.5 Å². The number of carbonyl (C=O) groups excluding carboxylic acids is 1. The van der Waals surface area contributed by atoms with Crippen molar-refractivity contribution in [1.29, 1.82) is 0 Å². The van der Waals surface area contributed by atoms with Gasteiger partial charge >= 0.3 is 0 Å². The van der Waals surface area contributed by atoms with Gasteiger partial charge in [-0.25, -0.2) is 13.1 Å². The maximum absolute atomic E-state index is 12.4. The number of nitrogens with one attached hydrogen (secondary N) is 2. The van der Waals surface area contributed by atoms with Gasteiger partial charge in [0.15, 0.2) is 0 Å². The quantitative estimate of drug-likeness (QED) is 0.789. The molecule has 0 spiro atoms. The van der Waals surface area contributed by atoms with Crippen LogP contribution >= 0.6 is 0 Å². The third-order valence-electron chi connectivity index (χ3n) is 3.02. The summed E-state index contributed by atoms with van der Waals surface area (Å²) >= 11 is 0. The summed E-state index contributed by atoms with van der Waals surface area (Å²) < 4.78 is 27.3. The molecule has 0 aliphatic carbocycles. The zero-order valence-electron chi connectivity index (χ0n) is 14.0. The van der Waals surface area contributed by atoms with Crippen LogP contribution < -0.4 is 10.0 Å². The van der Waals surface area contributed by atoms with E-state index in [-0.39, 0.29) is 10.8 Å². The monoisotopic (exact) mass is 326 g/mol. The van der Waals surface area contributed by atoms with E-state index in [0.29, 0.717) is 12.1 Å². The Kier molecular flexibility index (Phi) is 6.14. The molecule has 1 rings (SSSR count). The largest absolute Gasteiger partial charge is 0.352 e. The van der Waals surface area contributed by atoms with E-state index < -0.39 is 15.6 Å². The predicted octanol–water partition coefficient (Wildman–Crippen LogP) is 2.60. The second-order valence-electron chi connectivity index (χ2n) is 6.44.